The van der Waals surface area contributed by atoms with Gasteiger partial charge in [-0.15, -0.1) is 0 Å². The second-order valence-electron chi connectivity index (χ2n) is 3.46. The summed E-state index contributed by atoms with van der Waals surface area (Å²) in [6, 6.07) is 0. The van der Waals surface area contributed by atoms with Gasteiger partial charge in [0, 0.05) is 11.1 Å². The first-order chi connectivity index (χ1) is 7.56. The zero-order chi connectivity index (χ0) is 14.6. The van der Waals surface area contributed by atoms with Crippen molar-refractivity contribution in [1.29, 1.82) is 0 Å². The van der Waals surface area contributed by atoms with Crippen LogP contribution in [0.15, 0.2) is 24.3 Å². The molecule has 0 aromatic rings. The summed E-state index contributed by atoms with van der Waals surface area (Å²) >= 11 is 0. The van der Waals surface area contributed by atoms with E-state index in [2.05, 4.69) is 26.3 Å². The number of hydrogen-bond acceptors (Lipinski definition) is 3. The number of carboxylic acid groups (broad SMARTS) is 2. The molecule has 2 N–H and O–H groups in total. The smallest absolute Gasteiger partial charge is 0.330 e. The van der Waals surface area contributed by atoms with Gasteiger partial charge in [0.15, 0.2) is 9.04 Å². The predicted octanol–water partition coefficient (Wildman–Crippen LogP) is 0.561. The van der Waals surface area contributed by atoms with Crippen LogP contribution in [-0.2, 0) is 13.7 Å². The van der Waals surface area contributed by atoms with Crippen LogP contribution in [0.4, 0.5) is 0 Å². The van der Waals surface area contributed by atoms with Gasteiger partial charge in [-0.25, -0.2) is 9.59 Å². The lowest BCUT2D eigenvalue weighted by atomic mass is 10.4. The summed E-state index contributed by atoms with van der Waals surface area (Å²) in [4.78, 5) is 19.2. The van der Waals surface area contributed by atoms with Crippen molar-refractivity contribution < 1.29 is 23.9 Å². The van der Waals surface area contributed by atoms with Crippen LogP contribution in [0.3, 0.4) is 0 Å². The maximum absolute atomic E-state index is 9.60. The zero-order valence-corrected chi connectivity index (χ0v) is 14.3. The number of carbonyl (C=O) groups is 2. The summed E-state index contributed by atoms with van der Waals surface area (Å²) < 4.78 is 5.03. The first-order valence-corrected chi connectivity index (χ1v) is 8.46. The van der Waals surface area contributed by atoms with Gasteiger partial charge >= 0.3 is 11.9 Å². The quantitative estimate of drug-likeness (QED) is 0.582. The van der Waals surface area contributed by atoms with Crippen molar-refractivity contribution in [3.63, 3.8) is 0 Å². The molecule has 0 saturated heterocycles. The average Bonchev–Trinajstić information content (AvgIpc) is 2.19. The molecule has 100 valence electrons. The Hall–Kier alpha value is -1.19. The van der Waals surface area contributed by atoms with Crippen molar-refractivity contribution in [3.8, 4) is 0 Å². The van der Waals surface area contributed by atoms with Gasteiger partial charge < -0.3 is 14.3 Å². The van der Waals surface area contributed by atoms with Crippen LogP contribution in [0, 0.1) is 0 Å². The highest BCUT2D eigenvalue weighted by atomic mass is 28.3. The number of carboxylic acids is 2. The van der Waals surface area contributed by atoms with Crippen LogP contribution in [0.25, 0.3) is 0 Å². The molecule has 0 rings (SSSR count). The number of hydrogen-bond donors (Lipinski definition) is 2. The van der Waals surface area contributed by atoms with E-state index in [9.17, 15) is 9.59 Å². The third-order valence-corrected chi connectivity index (χ3v) is 4.97. The van der Waals surface area contributed by atoms with E-state index in [0.29, 0.717) is 0 Å². The molecule has 0 atom stereocenters. The van der Waals surface area contributed by atoms with E-state index in [1.165, 1.54) is 13.8 Å². The molecule has 5 nitrogen and oxygen atoms in total. The second kappa shape index (κ2) is 12.9. The van der Waals surface area contributed by atoms with Crippen molar-refractivity contribution >= 4 is 31.5 Å². The van der Waals surface area contributed by atoms with Crippen molar-refractivity contribution in [1.82, 2.24) is 0 Å². The van der Waals surface area contributed by atoms with Crippen LogP contribution < -0.4 is 0 Å². The fourth-order valence-corrected chi connectivity index (χ4v) is 0. The molecule has 0 amide bonds. The Morgan fingerprint density at radius 3 is 1.18 bits per heavy atom. The van der Waals surface area contributed by atoms with Gasteiger partial charge in [-0.1, -0.05) is 13.2 Å². The molecule has 0 unspecified atom stereocenters. The minimum absolute atomic E-state index is 0.176. The standard InChI is InChI=1S/2C4H6O2.C2H10OSi2/c2*1-3(2)4(5)6;1-5(2)3-4/h2*1H2,2H3,(H,5,6);5H,1-2,4H3. The molecule has 0 bridgehead atoms. The highest BCUT2D eigenvalue weighted by Crippen LogP contribution is 1.81. The van der Waals surface area contributed by atoms with Crippen molar-refractivity contribution in [2.24, 2.45) is 0 Å². The van der Waals surface area contributed by atoms with Crippen molar-refractivity contribution in [2.45, 2.75) is 26.9 Å². The van der Waals surface area contributed by atoms with Gasteiger partial charge in [-0.05, 0) is 26.9 Å². The third-order valence-electron chi connectivity index (χ3n) is 1.20. The summed E-state index contributed by atoms with van der Waals surface area (Å²) in [5.74, 6) is -1.87. The van der Waals surface area contributed by atoms with Crippen LogP contribution >= 0.6 is 0 Å². The Labute approximate surface area is 107 Å². The van der Waals surface area contributed by atoms with Gasteiger partial charge in [0.25, 0.3) is 0 Å². The predicted molar refractivity (Wildman–Crippen MR) is 74.8 cm³/mol. The topological polar surface area (TPSA) is 83.8 Å². The molecule has 0 spiro atoms. The van der Waals surface area contributed by atoms with Gasteiger partial charge in [0.1, 0.15) is 10.5 Å². The molecular weight excluding hydrogens is 256 g/mol. The first-order valence-electron chi connectivity index (χ1n) is 4.86. The fraction of sp³-hybridized carbons (Fsp3) is 0.400. The number of aliphatic carboxylic acids is 2. The molecule has 0 fully saturated rings. The summed E-state index contributed by atoms with van der Waals surface area (Å²) in [7, 11) is 0.347. The zero-order valence-electron chi connectivity index (χ0n) is 11.1. The molecule has 0 saturated carbocycles. The monoisotopic (exact) mass is 278 g/mol. The molecular formula is C10H22O5Si2. The lowest BCUT2D eigenvalue weighted by molar-refractivity contribution is -0.133. The van der Waals surface area contributed by atoms with E-state index in [-0.39, 0.29) is 11.1 Å². The molecule has 0 radical (unpaired) electrons. The average molecular weight is 278 g/mol. The van der Waals surface area contributed by atoms with Gasteiger partial charge in [-0.2, -0.15) is 0 Å². The highest BCUT2D eigenvalue weighted by molar-refractivity contribution is 6.52. The summed E-state index contributed by atoms with van der Waals surface area (Å²) in [6.07, 6.45) is 0. The van der Waals surface area contributed by atoms with E-state index in [1.807, 2.05) is 0 Å². The Morgan fingerprint density at radius 1 is 1.06 bits per heavy atom. The summed E-state index contributed by atoms with van der Waals surface area (Å²) in [5, 5.41) is 15.8. The third kappa shape index (κ3) is 31.3. The molecule has 17 heavy (non-hydrogen) atoms. The van der Waals surface area contributed by atoms with E-state index < -0.39 is 21.0 Å². The molecule has 0 aliphatic rings. The number of rotatable bonds is 3. The van der Waals surface area contributed by atoms with E-state index >= 15 is 0 Å². The fourth-order valence-electron chi connectivity index (χ4n) is 0. The van der Waals surface area contributed by atoms with Crippen LogP contribution in [0.1, 0.15) is 13.8 Å². The van der Waals surface area contributed by atoms with Crippen molar-refractivity contribution in [2.75, 3.05) is 0 Å². The first kappa shape index (κ1) is 21.1. The molecule has 0 aliphatic carbocycles. The van der Waals surface area contributed by atoms with E-state index in [0.717, 1.165) is 10.5 Å². The lowest BCUT2D eigenvalue weighted by Gasteiger charge is -1.93. The van der Waals surface area contributed by atoms with Gasteiger partial charge in [0.2, 0.25) is 0 Å². The van der Waals surface area contributed by atoms with Gasteiger partial charge in [-0.3, -0.25) is 0 Å². The molecule has 0 aliphatic heterocycles. The van der Waals surface area contributed by atoms with E-state index in [1.54, 1.807) is 0 Å². The van der Waals surface area contributed by atoms with E-state index in [4.69, 9.17) is 14.3 Å². The Bertz CT molecular complexity index is 226. The Kier molecular flexibility index (Phi) is 16.0. The highest BCUT2D eigenvalue weighted by Gasteiger charge is 1.90. The summed E-state index contributed by atoms with van der Waals surface area (Å²) in [6.45, 7) is 13.6. The molecule has 7 heteroatoms. The largest absolute Gasteiger partial charge is 0.478 e. The maximum Gasteiger partial charge on any atom is 0.330 e. The Balaban J connectivity index is -0.000000174. The minimum atomic E-state index is -0.935. The molecule has 0 aromatic heterocycles. The normalized spacial score (nSPS) is 8.29. The van der Waals surface area contributed by atoms with Crippen LogP contribution in [0.2, 0.25) is 13.1 Å². The molecule has 0 aromatic carbocycles. The maximum atomic E-state index is 9.60. The SMILES string of the molecule is C=C(C)C(=O)O.C=C(C)C(=O)O.C[SiH](C)O[SiH3]. The van der Waals surface area contributed by atoms with Crippen molar-refractivity contribution in [3.05, 3.63) is 24.3 Å². The van der Waals surface area contributed by atoms with Crippen LogP contribution in [0.5, 0.6) is 0 Å². The lowest BCUT2D eigenvalue weighted by Crippen LogP contribution is -2.02. The van der Waals surface area contributed by atoms with Crippen LogP contribution in [-0.4, -0.2) is 41.7 Å². The Morgan fingerprint density at radius 2 is 1.18 bits per heavy atom. The minimum Gasteiger partial charge on any atom is -0.478 e. The molecule has 0 heterocycles. The van der Waals surface area contributed by atoms with Gasteiger partial charge in [0.05, 0.1) is 0 Å². The summed E-state index contributed by atoms with van der Waals surface area (Å²) in [5.41, 5.74) is 0.352. The second-order valence-corrected chi connectivity index (χ2v) is 7.44.